The molecule has 208 valence electrons. The summed E-state index contributed by atoms with van der Waals surface area (Å²) in [6.45, 7) is 9.29. The number of ether oxygens (including phenoxy) is 1. The van der Waals surface area contributed by atoms with Crippen molar-refractivity contribution in [3.05, 3.63) is 59.9 Å². The van der Waals surface area contributed by atoms with Crippen LogP contribution in [0.25, 0.3) is 11.4 Å². The fourth-order valence-corrected chi connectivity index (χ4v) is 5.17. The molecule has 6 rings (SSSR count). The van der Waals surface area contributed by atoms with Gasteiger partial charge in [-0.05, 0) is 56.8 Å². The standard InChI is InChI=1S/C28H34N10O2/c1-28(2,3)38-14-24(34-35-38)25(39)10-18-7-8-37(22-15-40-16-22)12-20-9-19(5-6-23(18)20)26-29-17-30-27(33-26)32-21-11-31-36(4)13-21/h5-6,9,11,13-14,17-18,22H,7-8,10,12,15-16H2,1-4H3,(H,29,30,32,33)/t18-/m0/s1. The van der Waals surface area contributed by atoms with Crippen molar-refractivity contribution >= 4 is 17.4 Å². The van der Waals surface area contributed by atoms with Gasteiger partial charge < -0.3 is 10.1 Å². The van der Waals surface area contributed by atoms with Gasteiger partial charge >= 0.3 is 0 Å². The third-order valence-corrected chi connectivity index (χ3v) is 7.55. The molecule has 5 heterocycles. The van der Waals surface area contributed by atoms with Crippen LogP contribution in [0, 0.1) is 0 Å². The monoisotopic (exact) mass is 542 g/mol. The number of rotatable bonds is 7. The Morgan fingerprint density at radius 1 is 1.18 bits per heavy atom. The Labute approximate surface area is 232 Å². The predicted octanol–water partition coefficient (Wildman–Crippen LogP) is 3.32. The number of Topliss-reactive ketones (excluding diaryl/α,β-unsaturated/α-hetero) is 1. The predicted molar refractivity (Wildman–Crippen MR) is 148 cm³/mol. The van der Waals surface area contributed by atoms with E-state index in [0.29, 0.717) is 29.9 Å². The Balaban J connectivity index is 1.28. The van der Waals surface area contributed by atoms with Crippen LogP contribution in [-0.2, 0) is 23.9 Å². The molecular weight excluding hydrogens is 508 g/mol. The number of carbonyl (C=O) groups is 1. The maximum Gasteiger partial charge on any atom is 0.230 e. The molecule has 0 unspecified atom stereocenters. The van der Waals surface area contributed by atoms with Crippen molar-refractivity contribution < 1.29 is 9.53 Å². The molecule has 0 spiro atoms. The van der Waals surface area contributed by atoms with E-state index in [1.54, 1.807) is 21.8 Å². The van der Waals surface area contributed by atoms with E-state index in [2.05, 4.69) is 52.7 Å². The van der Waals surface area contributed by atoms with E-state index >= 15 is 0 Å². The lowest BCUT2D eigenvalue weighted by molar-refractivity contribution is -0.0677. The van der Waals surface area contributed by atoms with Gasteiger partial charge in [0.05, 0.1) is 42.9 Å². The average Bonchev–Trinajstić information content (AvgIpc) is 3.51. The number of benzene rings is 1. The third kappa shape index (κ3) is 5.50. The highest BCUT2D eigenvalue weighted by atomic mass is 16.5. The number of nitrogens with one attached hydrogen (secondary N) is 1. The van der Waals surface area contributed by atoms with Crippen LogP contribution in [0.4, 0.5) is 11.6 Å². The molecule has 0 aliphatic carbocycles. The number of nitrogens with zero attached hydrogens (tertiary/aromatic N) is 9. The summed E-state index contributed by atoms with van der Waals surface area (Å²) < 4.78 is 8.96. The van der Waals surface area contributed by atoms with Crippen LogP contribution < -0.4 is 5.32 Å². The first kappa shape index (κ1) is 26.2. The van der Waals surface area contributed by atoms with E-state index in [0.717, 1.165) is 44.0 Å². The van der Waals surface area contributed by atoms with Crippen LogP contribution in [0.2, 0.25) is 0 Å². The molecule has 0 amide bonds. The van der Waals surface area contributed by atoms with Gasteiger partial charge in [0.1, 0.15) is 12.0 Å². The summed E-state index contributed by atoms with van der Waals surface area (Å²) in [6.07, 6.45) is 8.11. The highest BCUT2D eigenvalue weighted by molar-refractivity contribution is 5.94. The van der Waals surface area contributed by atoms with Gasteiger partial charge in [0.25, 0.3) is 0 Å². The zero-order chi connectivity index (χ0) is 27.9. The van der Waals surface area contributed by atoms with E-state index in [9.17, 15) is 4.79 Å². The van der Waals surface area contributed by atoms with Gasteiger partial charge in [-0.3, -0.25) is 14.4 Å². The van der Waals surface area contributed by atoms with Crippen molar-refractivity contribution in [1.29, 1.82) is 0 Å². The topological polar surface area (TPSA) is 129 Å². The van der Waals surface area contributed by atoms with Gasteiger partial charge in [-0.15, -0.1) is 5.10 Å². The molecular formula is C28H34N10O2. The van der Waals surface area contributed by atoms with Gasteiger partial charge in [0.15, 0.2) is 11.6 Å². The van der Waals surface area contributed by atoms with E-state index in [-0.39, 0.29) is 17.2 Å². The number of hydrogen-bond donors (Lipinski definition) is 1. The van der Waals surface area contributed by atoms with Gasteiger partial charge in [-0.1, -0.05) is 17.3 Å². The summed E-state index contributed by atoms with van der Waals surface area (Å²) in [5, 5.41) is 15.7. The number of ketones is 1. The Kier molecular flexibility index (Phi) is 6.88. The first-order chi connectivity index (χ1) is 19.2. The minimum Gasteiger partial charge on any atom is -0.378 e. The highest BCUT2D eigenvalue weighted by Gasteiger charge is 2.32. The first-order valence-corrected chi connectivity index (χ1v) is 13.6. The average molecular weight is 543 g/mol. The van der Waals surface area contributed by atoms with Crippen molar-refractivity contribution in [2.75, 3.05) is 25.1 Å². The summed E-state index contributed by atoms with van der Waals surface area (Å²) in [7, 11) is 1.86. The summed E-state index contributed by atoms with van der Waals surface area (Å²) in [5.74, 6) is 1.12. The van der Waals surface area contributed by atoms with Gasteiger partial charge in [0, 0.05) is 31.8 Å². The molecule has 2 aliphatic rings. The SMILES string of the molecule is Cn1cc(Nc2ncnc(-c3ccc4c(c3)CN(C3COC3)CC[C@H]4CC(=O)c3cn(C(C)(C)C)nn3)n2)cn1. The normalized spacial score (nSPS) is 18.1. The number of aromatic nitrogens is 8. The molecule has 3 aromatic heterocycles. The van der Waals surface area contributed by atoms with Crippen molar-refractivity contribution in [3.63, 3.8) is 0 Å². The number of carbonyl (C=O) groups excluding carboxylic acids is 1. The van der Waals surface area contributed by atoms with E-state index in [4.69, 9.17) is 4.74 Å². The third-order valence-electron chi connectivity index (χ3n) is 7.55. The smallest absolute Gasteiger partial charge is 0.230 e. The van der Waals surface area contributed by atoms with Gasteiger partial charge in [-0.25, -0.2) is 14.6 Å². The molecule has 1 fully saturated rings. The quantitative estimate of drug-likeness (QED) is 0.347. The van der Waals surface area contributed by atoms with Crippen LogP contribution in [0.1, 0.15) is 61.1 Å². The molecule has 40 heavy (non-hydrogen) atoms. The van der Waals surface area contributed by atoms with Crippen LogP contribution in [0.5, 0.6) is 0 Å². The van der Waals surface area contributed by atoms with Crippen molar-refractivity contribution in [2.45, 2.75) is 57.7 Å². The van der Waals surface area contributed by atoms with E-state index in [1.807, 2.05) is 40.1 Å². The molecule has 12 nitrogen and oxygen atoms in total. The minimum atomic E-state index is -0.232. The van der Waals surface area contributed by atoms with Crippen molar-refractivity contribution in [3.8, 4) is 11.4 Å². The molecule has 1 saturated heterocycles. The number of aryl methyl sites for hydroxylation is 1. The van der Waals surface area contributed by atoms with Crippen molar-refractivity contribution in [2.24, 2.45) is 7.05 Å². The Hall–Kier alpha value is -4.03. The lowest BCUT2D eigenvalue weighted by Crippen LogP contribution is -2.48. The van der Waals surface area contributed by atoms with Gasteiger partial charge in [-0.2, -0.15) is 10.1 Å². The molecule has 4 aromatic rings. The zero-order valence-electron chi connectivity index (χ0n) is 23.3. The molecule has 0 radical (unpaired) electrons. The lowest BCUT2D eigenvalue weighted by Gasteiger charge is -2.36. The molecule has 0 bridgehead atoms. The van der Waals surface area contributed by atoms with Gasteiger partial charge in [0.2, 0.25) is 5.95 Å². The number of hydrogen-bond acceptors (Lipinski definition) is 10. The zero-order valence-corrected chi connectivity index (χ0v) is 23.3. The summed E-state index contributed by atoms with van der Waals surface area (Å²) in [5.41, 5.74) is 4.26. The Bertz CT molecular complexity index is 1520. The molecule has 2 aliphatic heterocycles. The minimum absolute atomic E-state index is 0.0135. The fourth-order valence-electron chi connectivity index (χ4n) is 5.17. The van der Waals surface area contributed by atoms with E-state index in [1.165, 1.54) is 17.5 Å². The molecule has 12 heteroatoms. The highest BCUT2D eigenvalue weighted by Crippen LogP contribution is 2.35. The maximum absolute atomic E-state index is 13.3. The second-order valence-corrected chi connectivity index (χ2v) is 11.6. The van der Waals surface area contributed by atoms with Crippen molar-refractivity contribution in [1.82, 2.24) is 44.6 Å². The molecule has 0 saturated carbocycles. The largest absolute Gasteiger partial charge is 0.378 e. The summed E-state index contributed by atoms with van der Waals surface area (Å²) in [6, 6.07) is 6.72. The van der Waals surface area contributed by atoms with Crippen LogP contribution in [0.15, 0.2) is 43.1 Å². The fraction of sp³-hybridized carbons (Fsp3) is 0.464. The molecule has 1 aromatic carbocycles. The Morgan fingerprint density at radius 3 is 2.73 bits per heavy atom. The Morgan fingerprint density at radius 2 is 2.02 bits per heavy atom. The second-order valence-electron chi connectivity index (χ2n) is 11.6. The number of anilines is 2. The summed E-state index contributed by atoms with van der Waals surface area (Å²) in [4.78, 5) is 29.2. The van der Waals surface area contributed by atoms with E-state index < -0.39 is 0 Å². The lowest BCUT2D eigenvalue weighted by atomic mass is 9.87. The molecule has 1 N–H and O–H groups in total. The maximum atomic E-state index is 13.3. The van der Waals surface area contributed by atoms with Crippen LogP contribution in [0.3, 0.4) is 0 Å². The molecule has 1 atom stereocenters. The summed E-state index contributed by atoms with van der Waals surface area (Å²) >= 11 is 0. The second kappa shape index (κ2) is 10.5. The number of fused-ring (bicyclic) bond motifs is 1. The first-order valence-electron chi connectivity index (χ1n) is 13.6. The van der Waals surface area contributed by atoms with Crippen LogP contribution >= 0.6 is 0 Å². The van der Waals surface area contributed by atoms with Crippen LogP contribution in [-0.4, -0.2) is 76.2 Å².